The molecule has 1 aromatic heterocycles. The Kier molecular flexibility index (Phi) is 4.93. The molecule has 0 amide bonds. The largest absolute Gasteiger partial charge is 0.504 e. The molecule has 5 nitrogen and oxygen atoms in total. The lowest BCUT2D eigenvalue weighted by Crippen LogP contribution is -2.04. The molecule has 0 fully saturated rings. The van der Waals surface area contributed by atoms with Gasteiger partial charge in [0.2, 0.25) is 5.75 Å². The lowest BCUT2D eigenvalue weighted by atomic mass is 10.0. The van der Waals surface area contributed by atoms with Gasteiger partial charge in [0.15, 0.2) is 17.1 Å². The number of rotatable bonds is 7. The van der Waals surface area contributed by atoms with Crippen molar-refractivity contribution in [2.75, 3.05) is 13.7 Å². The summed E-state index contributed by atoms with van der Waals surface area (Å²) in [7, 11) is 1.45. The molecule has 2 aromatic carbocycles. The molecule has 3 aromatic rings. The van der Waals surface area contributed by atoms with E-state index in [4.69, 9.17) is 13.9 Å². The maximum atomic E-state index is 12.0. The van der Waals surface area contributed by atoms with Gasteiger partial charge >= 0.3 is 0 Å². The smallest absolute Gasteiger partial charge is 0.205 e. The number of carbonyl (C=O) groups is 1. The molecule has 3 rings (SSSR count). The van der Waals surface area contributed by atoms with E-state index in [1.807, 2.05) is 18.2 Å². The number of methoxy groups -OCH3 is 1. The number of phenolic OH excluding ortho intramolecular Hbond substituents is 1. The van der Waals surface area contributed by atoms with Crippen LogP contribution in [0.2, 0.25) is 0 Å². The number of Topliss-reactive ketones (excluding diaryl/α,β-unsaturated/α-hetero) is 1. The second-order valence-electron chi connectivity index (χ2n) is 5.74. The molecule has 130 valence electrons. The topological polar surface area (TPSA) is 68.9 Å². The summed E-state index contributed by atoms with van der Waals surface area (Å²) in [4.78, 5) is 12.0. The predicted octanol–water partition coefficient (Wildman–Crippen LogP) is 4.36. The summed E-state index contributed by atoms with van der Waals surface area (Å²) in [6.45, 7) is 1.77. The Morgan fingerprint density at radius 2 is 1.92 bits per heavy atom. The molecule has 0 aliphatic carbocycles. The summed E-state index contributed by atoms with van der Waals surface area (Å²) in [5.74, 6) is -0.0671. The van der Waals surface area contributed by atoms with Crippen LogP contribution in [0.3, 0.4) is 0 Å². The fraction of sp³-hybridized carbons (Fsp3) is 0.250. The summed E-state index contributed by atoms with van der Waals surface area (Å²) >= 11 is 0. The Labute approximate surface area is 145 Å². The lowest BCUT2D eigenvalue weighted by Gasteiger charge is -2.14. The van der Waals surface area contributed by atoms with Crippen molar-refractivity contribution < 1.29 is 23.8 Å². The highest BCUT2D eigenvalue weighted by molar-refractivity contribution is 6.08. The summed E-state index contributed by atoms with van der Waals surface area (Å²) in [5.41, 5.74) is 1.70. The van der Waals surface area contributed by atoms with Gasteiger partial charge in [-0.15, -0.1) is 0 Å². The number of fused-ring (bicyclic) bond motifs is 1. The average Bonchev–Trinajstić information content (AvgIpc) is 3.09. The van der Waals surface area contributed by atoms with Crippen LogP contribution in [0.4, 0.5) is 0 Å². The molecule has 0 atom stereocenters. The molecule has 5 heteroatoms. The zero-order valence-electron chi connectivity index (χ0n) is 14.2. The van der Waals surface area contributed by atoms with E-state index in [-0.39, 0.29) is 22.8 Å². The quantitative estimate of drug-likeness (QED) is 0.511. The highest BCUT2D eigenvalue weighted by Gasteiger charge is 2.25. The van der Waals surface area contributed by atoms with E-state index in [1.54, 1.807) is 6.07 Å². The van der Waals surface area contributed by atoms with Crippen molar-refractivity contribution in [2.45, 2.75) is 19.8 Å². The number of ketones is 1. The Morgan fingerprint density at radius 3 is 2.60 bits per heavy atom. The zero-order chi connectivity index (χ0) is 17.8. The molecule has 0 aliphatic heterocycles. The number of phenols is 1. The van der Waals surface area contributed by atoms with Crippen LogP contribution in [-0.4, -0.2) is 24.6 Å². The van der Waals surface area contributed by atoms with Gasteiger partial charge < -0.3 is 19.0 Å². The molecule has 1 heterocycles. The first-order valence-electron chi connectivity index (χ1n) is 8.11. The first-order chi connectivity index (χ1) is 12.1. The zero-order valence-corrected chi connectivity index (χ0v) is 14.2. The Balaban J connectivity index is 1.84. The van der Waals surface area contributed by atoms with Crippen molar-refractivity contribution in [1.29, 1.82) is 0 Å². The number of aryl methyl sites for hydroxylation is 1. The van der Waals surface area contributed by atoms with Gasteiger partial charge in [-0.05, 0) is 31.4 Å². The molecule has 25 heavy (non-hydrogen) atoms. The number of furan rings is 1. The fourth-order valence-corrected chi connectivity index (χ4v) is 2.89. The highest BCUT2D eigenvalue weighted by Crippen LogP contribution is 2.45. The third-order valence-electron chi connectivity index (χ3n) is 4.05. The molecular weight excluding hydrogens is 320 g/mol. The molecular formula is C20H20O5. The minimum absolute atomic E-state index is 0.106. The van der Waals surface area contributed by atoms with Crippen LogP contribution >= 0.6 is 0 Å². The number of benzene rings is 2. The van der Waals surface area contributed by atoms with Crippen LogP contribution in [0.1, 0.15) is 29.3 Å². The molecule has 0 radical (unpaired) electrons. The number of carbonyl (C=O) groups excluding carboxylic acids is 1. The predicted molar refractivity (Wildman–Crippen MR) is 94.7 cm³/mol. The van der Waals surface area contributed by atoms with Crippen LogP contribution in [0.15, 0.2) is 47.1 Å². The van der Waals surface area contributed by atoms with Gasteiger partial charge in [-0.2, -0.15) is 0 Å². The average molecular weight is 340 g/mol. The van der Waals surface area contributed by atoms with Crippen molar-refractivity contribution in [3.05, 3.63) is 53.8 Å². The van der Waals surface area contributed by atoms with Gasteiger partial charge in [-0.25, -0.2) is 0 Å². The lowest BCUT2D eigenvalue weighted by molar-refractivity contribution is 0.101. The van der Waals surface area contributed by atoms with Crippen molar-refractivity contribution in [1.82, 2.24) is 0 Å². The van der Waals surface area contributed by atoms with Gasteiger partial charge in [0.1, 0.15) is 11.3 Å². The first-order valence-corrected chi connectivity index (χ1v) is 8.11. The molecule has 0 unspecified atom stereocenters. The van der Waals surface area contributed by atoms with E-state index in [2.05, 4.69) is 12.1 Å². The SMILES string of the molecule is COc1c(C(C)=O)c(O)c(OCCCc2ccccc2)c2occc12. The van der Waals surface area contributed by atoms with E-state index in [1.165, 1.54) is 25.9 Å². The Hall–Kier alpha value is -2.95. The maximum Gasteiger partial charge on any atom is 0.205 e. The molecule has 0 aliphatic rings. The maximum absolute atomic E-state index is 12.0. The van der Waals surface area contributed by atoms with E-state index < -0.39 is 0 Å². The van der Waals surface area contributed by atoms with Gasteiger partial charge in [0.05, 0.1) is 25.4 Å². The Bertz CT molecular complexity index is 880. The van der Waals surface area contributed by atoms with Crippen molar-refractivity contribution in [2.24, 2.45) is 0 Å². The number of ether oxygens (including phenoxy) is 2. The van der Waals surface area contributed by atoms with Gasteiger partial charge in [0.25, 0.3) is 0 Å². The second-order valence-corrected chi connectivity index (χ2v) is 5.74. The summed E-state index contributed by atoms with van der Waals surface area (Å²) in [5, 5.41) is 11.1. The monoisotopic (exact) mass is 340 g/mol. The van der Waals surface area contributed by atoms with Gasteiger partial charge in [-0.1, -0.05) is 30.3 Å². The molecule has 0 spiro atoms. The van der Waals surface area contributed by atoms with Crippen molar-refractivity contribution >= 4 is 16.8 Å². The van der Waals surface area contributed by atoms with Crippen LogP contribution < -0.4 is 9.47 Å². The van der Waals surface area contributed by atoms with Crippen LogP contribution in [0.25, 0.3) is 11.0 Å². The highest BCUT2D eigenvalue weighted by atomic mass is 16.5. The first kappa shape index (κ1) is 16.9. The van der Waals surface area contributed by atoms with Crippen LogP contribution in [-0.2, 0) is 6.42 Å². The standard InChI is InChI=1S/C20H20O5/c1-13(21)16-17(22)20(19-15(10-12-25-19)18(16)23-2)24-11-6-9-14-7-4-3-5-8-14/h3-5,7-8,10,12,22H,6,9,11H2,1-2H3. The number of hydrogen-bond donors (Lipinski definition) is 1. The third-order valence-corrected chi connectivity index (χ3v) is 4.05. The number of aromatic hydroxyl groups is 1. The van der Waals surface area contributed by atoms with Crippen molar-refractivity contribution in [3.8, 4) is 17.2 Å². The van der Waals surface area contributed by atoms with Gasteiger partial charge in [0, 0.05) is 0 Å². The second kappa shape index (κ2) is 7.30. The molecule has 0 bridgehead atoms. The molecule has 0 saturated heterocycles. The summed E-state index contributed by atoms with van der Waals surface area (Å²) in [6, 6.07) is 11.8. The fourth-order valence-electron chi connectivity index (χ4n) is 2.89. The van der Waals surface area contributed by atoms with Crippen molar-refractivity contribution in [3.63, 3.8) is 0 Å². The molecule has 1 N–H and O–H groups in total. The van der Waals surface area contributed by atoms with Crippen LogP contribution in [0.5, 0.6) is 17.2 Å². The van der Waals surface area contributed by atoms with E-state index in [0.717, 1.165) is 12.8 Å². The van der Waals surface area contributed by atoms with E-state index in [0.29, 0.717) is 23.3 Å². The molecule has 0 saturated carbocycles. The normalized spacial score (nSPS) is 10.8. The Morgan fingerprint density at radius 1 is 1.16 bits per heavy atom. The van der Waals surface area contributed by atoms with E-state index in [9.17, 15) is 9.90 Å². The summed E-state index contributed by atoms with van der Waals surface area (Å²) in [6.07, 6.45) is 3.11. The minimum atomic E-state index is -0.299. The summed E-state index contributed by atoms with van der Waals surface area (Å²) < 4.78 is 16.5. The third kappa shape index (κ3) is 3.31. The van der Waals surface area contributed by atoms with Gasteiger partial charge in [-0.3, -0.25) is 4.79 Å². The van der Waals surface area contributed by atoms with Crippen LogP contribution in [0, 0.1) is 0 Å². The van der Waals surface area contributed by atoms with E-state index >= 15 is 0 Å². The number of hydrogen-bond acceptors (Lipinski definition) is 5. The minimum Gasteiger partial charge on any atom is -0.504 e.